The maximum Gasteiger partial charge on any atom is 0.469 e. The van der Waals surface area contributed by atoms with Gasteiger partial charge in [0.05, 0.1) is 19.8 Å². The Morgan fingerprint density at radius 3 is 1.57 bits per heavy atom. The standard InChI is InChI=1S/C19H41O6P.C2H7NO/c1-2-3-4-5-6-7-8-9-10-11-12-13-14-15-16-24-17-19(20)18-25-26(21,22)23;3-1-2-4/h19-20H,2-18H2,1H3,(H2,21,22,23);4H,1-3H2. The molecule has 0 rings (SSSR count). The lowest BCUT2D eigenvalue weighted by Crippen LogP contribution is -2.21. The zero-order chi connectivity index (χ0) is 22.9. The molecule has 30 heavy (non-hydrogen) atoms. The van der Waals surface area contributed by atoms with Gasteiger partial charge in [-0.3, -0.25) is 4.52 Å². The third-order valence-electron chi connectivity index (χ3n) is 4.52. The van der Waals surface area contributed by atoms with E-state index >= 15 is 0 Å². The van der Waals surface area contributed by atoms with E-state index in [0.717, 1.165) is 12.8 Å². The van der Waals surface area contributed by atoms with Crippen molar-refractivity contribution in [3.63, 3.8) is 0 Å². The van der Waals surface area contributed by atoms with Crippen molar-refractivity contribution in [2.75, 3.05) is 33.0 Å². The molecule has 184 valence electrons. The van der Waals surface area contributed by atoms with Crippen LogP contribution < -0.4 is 5.73 Å². The van der Waals surface area contributed by atoms with Crippen molar-refractivity contribution in [1.82, 2.24) is 0 Å². The molecule has 0 saturated carbocycles. The number of unbranched alkanes of at least 4 members (excludes halogenated alkanes) is 13. The van der Waals surface area contributed by atoms with Crippen LogP contribution in [-0.4, -0.2) is 59.1 Å². The van der Waals surface area contributed by atoms with Crippen LogP contribution in [0.1, 0.15) is 96.8 Å². The molecule has 9 heteroatoms. The average molecular weight is 458 g/mol. The number of aliphatic hydroxyl groups excluding tert-OH is 2. The number of hydrogen-bond donors (Lipinski definition) is 5. The molecule has 0 aromatic heterocycles. The van der Waals surface area contributed by atoms with E-state index in [2.05, 4.69) is 11.4 Å². The Hall–Kier alpha value is -0.0500. The van der Waals surface area contributed by atoms with E-state index in [0.29, 0.717) is 13.2 Å². The van der Waals surface area contributed by atoms with E-state index in [9.17, 15) is 9.67 Å². The van der Waals surface area contributed by atoms with Crippen molar-refractivity contribution in [3.8, 4) is 0 Å². The highest BCUT2D eigenvalue weighted by atomic mass is 31.2. The normalized spacial score (nSPS) is 12.5. The van der Waals surface area contributed by atoms with E-state index in [1.165, 1.54) is 77.0 Å². The minimum absolute atomic E-state index is 0.0401. The van der Waals surface area contributed by atoms with Crippen LogP contribution in [0.15, 0.2) is 0 Å². The van der Waals surface area contributed by atoms with Gasteiger partial charge in [0.25, 0.3) is 0 Å². The highest BCUT2D eigenvalue weighted by Crippen LogP contribution is 2.35. The van der Waals surface area contributed by atoms with Gasteiger partial charge in [0.2, 0.25) is 0 Å². The van der Waals surface area contributed by atoms with Crippen LogP contribution >= 0.6 is 7.82 Å². The second-order valence-electron chi connectivity index (χ2n) is 7.62. The van der Waals surface area contributed by atoms with Crippen molar-refractivity contribution >= 4 is 7.82 Å². The smallest absolute Gasteiger partial charge is 0.395 e. The molecule has 0 radical (unpaired) electrons. The number of hydrogen-bond acceptors (Lipinski definition) is 6. The zero-order valence-electron chi connectivity index (χ0n) is 19.1. The third-order valence-corrected chi connectivity index (χ3v) is 5.00. The monoisotopic (exact) mass is 457 g/mol. The fourth-order valence-corrected chi connectivity index (χ4v) is 3.22. The molecular formula is C21H48NO7P. The fourth-order valence-electron chi connectivity index (χ4n) is 2.85. The molecule has 0 aromatic rings. The van der Waals surface area contributed by atoms with Gasteiger partial charge in [0.15, 0.2) is 0 Å². The molecule has 1 unspecified atom stereocenters. The Kier molecular flexibility index (Phi) is 27.0. The summed E-state index contributed by atoms with van der Waals surface area (Å²) in [7, 11) is -4.51. The van der Waals surface area contributed by atoms with Crippen LogP contribution in [0.25, 0.3) is 0 Å². The van der Waals surface area contributed by atoms with Gasteiger partial charge < -0.3 is 30.5 Å². The molecule has 0 fully saturated rings. The summed E-state index contributed by atoms with van der Waals surface area (Å²) in [5.74, 6) is 0. The van der Waals surface area contributed by atoms with E-state index in [-0.39, 0.29) is 13.2 Å². The van der Waals surface area contributed by atoms with E-state index < -0.39 is 20.5 Å². The molecule has 0 aliphatic carbocycles. The predicted octanol–water partition coefficient (Wildman–Crippen LogP) is 3.89. The van der Waals surface area contributed by atoms with E-state index in [1.807, 2.05) is 0 Å². The van der Waals surface area contributed by atoms with Gasteiger partial charge in [0, 0.05) is 13.2 Å². The first kappa shape index (κ1) is 32.1. The van der Waals surface area contributed by atoms with Gasteiger partial charge in [-0.25, -0.2) is 4.57 Å². The van der Waals surface area contributed by atoms with Crippen LogP contribution in [0.2, 0.25) is 0 Å². The summed E-state index contributed by atoms with van der Waals surface area (Å²) in [5.41, 5.74) is 4.78. The molecule has 0 aromatic carbocycles. The molecule has 0 amide bonds. The second-order valence-corrected chi connectivity index (χ2v) is 8.86. The predicted molar refractivity (Wildman–Crippen MR) is 121 cm³/mol. The number of ether oxygens (including phenoxy) is 1. The number of phosphoric acid groups is 1. The second kappa shape index (κ2) is 25.2. The average Bonchev–Trinajstić information content (AvgIpc) is 2.71. The van der Waals surface area contributed by atoms with Crippen LogP contribution in [0.3, 0.4) is 0 Å². The lowest BCUT2D eigenvalue weighted by Gasteiger charge is -2.12. The zero-order valence-corrected chi connectivity index (χ0v) is 19.9. The Morgan fingerprint density at radius 2 is 1.20 bits per heavy atom. The van der Waals surface area contributed by atoms with Crippen LogP contribution in [0.5, 0.6) is 0 Å². The molecule has 8 nitrogen and oxygen atoms in total. The topological polar surface area (TPSA) is 142 Å². The first-order valence-corrected chi connectivity index (χ1v) is 13.2. The molecule has 0 bridgehead atoms. The lowest BCUT2D eigenvalue weighted by molar-refractivity contribution is 0.00476. The molecule has 0 heterocycles. The number of phosphoric ester groups is 1. The SMILES string of the molecule is CCCCCCCCCCCCCCCCOCC(O)COP(=O)(O)O.NCCO. The molecular weight excluding hydrogens is 409 g/mol. The molecule has 6 N–H and O–H groups in total. The van der Waals surface area contributed by atoms with Crippen molar-refractivity contribution in [2.24, 2.45) is 5.73 Å². The Morgan fingerprint density at radius 1 is 0.800 bits per heavy atom. The molecule has 0 aliphatic rings. The van der Waals surface area contributed by atoms with Gasteiger partial charge in [-0.1, -0.05) is 90.4 Å². The fraction of sp³-hybridized carbons (Fsp3) is 1.00. The highest BCUT2D eigenvalue weighted by molar-refractivity contribution is 7.46. The van der Waals surface area contributed by atoms with E-state index in [1.54, 1.807) is 0 Å². The highest BCUT2D eigenvalue weighted by Gasteiger charge is 2.16. The molecule has 1 atom stereocenters. The number of rotatable bonds is 21. The van der Waals surface area contributed by atoms with E-state index in [4.69, 9.17) is 25.4 Å². The third kappa shape index (κ3) is 32.6. The van der Waals surface area contributed by atoms with Crippen LogP contribution in [0.4, 0.5) is 0 Å². The van der Waals surface area contributed by atoms with Gasteiger partial charge in [0.1, 0.15) is 6.10 Å². The van der Waals surface area contributed by atoms with Crippen molar-refractivity contribution in [3.05, 3.63) is 0 Å². The minimum Gasteiger partial charge on any atom is -0.395 e. The molecule has 0 saturated heterocycles. The van der Waals surface area contributed by atoms with Gasteiger partial charge in [-0.15, -0.1) is 0 Å². The first-order chi connectivity index (χ1) is 14.4. The maximum absolute atomic E-state index is 10.5. The summed E-state index contributed by atoms with van der Waals surface area (Å²) in [6.45, 7) is 2.92. The Bertz CT molecular complexity index is 367. The number of nitrogens with two attached hydrogens (primary N) is 1. The number of aliphatic hydroxyl groups is 2. The molecule has 0 spiro atoms. The summed E-state index contributed by atoms with van der Waals surface area (Å²) in [5, 5.41) is 17.2. The Labute approximate surface area is 183 Å². The van der Waals surface area contributed by atoms with Crippen molar-refractivity contribution in [2.45, 2.75) is 103 Å². The molecule has 0 aliphatic heterocycles. The van der Waals surface area contributed by atoms with Crippen molar-refractivity contribution < 1.29 is 33.8 Å². The Balaban J connectivity index is 0. The first-order valence-electron chi connectivity index (χ1n) is 11.6. The summed E-state index contributed by atoms with van der Waals surface area (Å²) in [6.07, 6.45) is 17.3. The van der Waals surface area contributed by atoms with Gasteiger partial charge >= 0.3 is 7.82 Å². The van der Waals surface area contributed by atoms with Gasteiger partial charge in [-0.2, -0.15) is 0 Å². The summed E-state index contributed by atoms with van der Waals surface area (Å²) < 4.78 is 20.0. The maximum atomic E-state index is 10.5. The van der Waals surface area contributed by atoms with Crippen LogP contribution in [0, 0.1) is 0 Å². The summed E-state index contributed by atoms with van der Waals surface area (Å²) in [6, 6.07) is 0. The minimum atomic E-state index is -4.51. The quantitative estimate of drug-likeness (QED) is 0.129. The summed E-state index contributed by atoms with van der Waals surface area (Å²) >= 11 is 0. The van der Waals surface area contributed by atoms with Gasteiger partial charge in [-0.05, 0) is 6.42 Å². The van der Waals surface area contributed by atoms with Crippen molar-refractivity contribution in [1.29, 1.82) is 0 Å². The largest absolute Gasteiger partial charge is 0.469 e. The van der Waals surface area contributed by atoms with Crippen LogP contribution in [-0.2, 0) is 13.8 Å². The lowest BCUT2D eigenvalue weighted by atomic mass is 10.0. The summed E-state index contributed by atoms with van der Waals surface area (Å²) in [4.78, 5) is 17.0.